The summed E-state index contributed by atoms with van der Waals surface area (Å²) < 4.78 is 16.2. The molecule has 1 saturated heterocycles. The third-order valence-electron chi connectivity index (χ3n) is 4.71. The first kappa shape index (κ1) is 15.9. The maximum Gasteiger partial charge on any atom is 0.270 e. The van der Waals surface area contributed by atoms with Crippen molar-refractivity contribution >= 4 is 22.6 Å². The molecule has 2 N–H and O–H groups in total. The van der Waals surface area contributed by atoms with Crippen LogP contribution in [0.4, 0.5) is 5.82 Å². The van der Waals surface area contributed by atoms with Gasteiger partial charge in [-0.25, -0.2) is 4.98 Å². The van der Waals surface area contributed by atoms with Gasteiger partial charge in [0, 0.05) is 5.39 Å². The van der Waals surface area contributed by atoms with Crippen molar-refractivity contribution in [2.45, 2.75) is 19.1 Å². The van der Waals surface area contributed by atoms with Gasteiger partial charge in [-0.05, 0) is 42.3 Å². The molecule has 1 amide bonds. The molecular formula is C20H17N3O4. The molecule has 0 aliphatic carbocycles. The van der Waals surface area contributed by atoms with Crippen LogP contribution < -0.4 is 20.3 Å². The number of epoxide rings is 1. The molecule has 27 heavy (non-hydrogen) atoms. The van der Waals surface area contributed by atoms with E-state index in [1.165, 1.54) is 0 Å². The molecule has 3 heterocycles. The molecule has 5 rings (SSSR count). The number of aryl methyl sites for hydroxylation is 1. The van der Waals surface area contributed by atoms with Crippen molar-refractivity contribution in [3.8, 4) is 11.5 Å². The van der Waals surface area contributed by atoms with E-state index in [1.807, 2.05) is 55.5 Å². The van der Waals surface area contributed by atoms with Gasteiger partial charge in [-0.3, -0.25) is 15.6 Å². The van der Waals surface area contributed by atoms with Gasteiger partial charge in [-0.15, -0.1) is 0 Å². The van der Waals surface area contributed by atoms with Crippen LogP contribution in [0.2, 0.25) is 0 Å². The number of fused-ring (bicyclic) bond motifs is 2. The van der Waals surface area contributed by atoms with Crippen molar-refractivity contribution in [3.05, 3.63) is 59.7 Å². The fraction of sp³-hybridized carbons (Fsp3) is 0.200. The van der Waals surface area contributed by atoms with Gasteiger partial charge in [0.1, 0.15) is 11.9 Å². The lowest BCUT2D eigenvalue weighted by atomic mass is 10.1. The number of nitrogens with zero attached hydrogens (tertiary/aromatic N) is 1. The Morgan fingerprint density at radius 2 is 1.96 bits per heavy atom. The van der Waals surface area contributed by atoms with Gasteiger partial charge in [0.2, 0.25) is 6.79 Å². The number of anilines is 1. The number of hydrogen-bond acceptors (Lipinski definition) is 6. The standard InChI is InChI=1S/C20H17N3O4/c1-11-8-17(21-14-5-3-2-4-13(11)14)22-23-20(24)19-18(27-19)12-6-7-15-16(9-12)26-10-25-15/h2-9,18-19H,10H2,1H3,(H,21,22)(H,23,24)/t18-,19+/m0/s1. The number of rotatable bonds is 4. The van der Waals surface area contributed by atoms with E-state index in [0.717, 1.165) is 22.0 Å². The lowest BCUT2D eigenvalue weighted by Gasteiger charge is -2.09. The van der Waals surface area contributed by atoms with Crippen molar-refractivity contribution in [3.63, 3.8) is 0 Å². The zero-order valence-electron chi connectivity index (χ0n) is 14.6. The van der Waals surface area contributed by atoms with Crippen LogP contribution >= 0.6 is 0 Å². The quantitative estimate of drug-likeness (QED) is 0.548. The molecule has 1 aromatic heterocycles. The van der Waals surface area contributed by atoms with E-state index in [0.29, 0.717) is 17.3 Å². The summed E-state index contributed by atoms with van der Waals surface area (Å²) in [6, 6.07) is 15.3. The minimum atomic E-state index is -0.542. The van der Waals surface area contributed by atoms with Crippen molar-refractivity contribution in [2.75, 3.05) is 12.2 Å². The number of carbonyl (C=O) groups excluding carboxylic acids is 1. The van der Waals surface area contributed by atoms with Gasteiger partial charge in [-0.1, -0.05) is 24.3 Å². The molecule has 0 bridgehead atoms. The molecule has 2 aliphatic rings. The van der Waals surface area contributed by atoms with E-state index < -0.39 is 6.10 Å². The highest BCUT2D eigenvalue weighted by atomic mass is 16.7. The average molecular weight is 363 g/mol. The van der Waals surface area contributed by atoms with Crippen LogP contribution in [-0.2, 0) is 9.53 Å². The first-order chi connectivity index (χ1) is 13.2. The molecular weight excluding hydrogens is 346 g/mol. The predicted octanol–water partition coefficient (Wildman–Crippen LogP) is 2.86. The van der Waals surface area contributed by atoms with Crippen LogP contribution in [0.3, 0.4) is 0 Å². The second-order valence-corrected chi connectivity index (χ2v) is 6.55. The Morgan fingerprint density at radius 1 is 1.11 bits per heavy atom. The number of ether oxygens (including phenoxy) is 3. The van der Waals surface area contributed by atoms with Gasteiger partial charge >= 0.3 is 0 Å². The summed E-state index contributed by atoms with van der Waals surface area (Å²) in [5.74, 6) is 1.72. The number of aromatic nitrogens is 1. The minimum absolute atomic E-state index is 0.219. The second kappa shape index (κ2) is 6.14. The Bertz CT molecular complexity index is 1050. The largest absolute Gasteiger partial charge is 0.454 e. The summed E-state index contributed by atoms with van der Waals surface area (Å²) in [6.45, 7) is 2.23. The van der Waals surface area contributed by atoms with Gasteiger partial charge < -0.3 is 14.2 Å². The number of amides is 1. The van der Waals surface area contributed by atoms with E-state index in [-0.39, 0.29) is 18.8 Å². The highest BCUT2D eigenvalue weighted by molar-refractivity contribution is 5.86. The summed E-state index contributed by atoms with van der Waals surface area (Å²) in [7, 11) is 0. The molecule has 0 saturated carbocycles. The average Bonchev–Trinajstić information content (AvgIpc) is 3.35. The Hall–Kier alpha value is -3.32. The van der Waals surface area contributed by atoms with Crippen molar-refractivity contribution < 1.29 is 19.0 Å². The van der Waals surface area contributed by atoms with Gasteiger partial charge in [0.05, 0.1) is 5.52 Å². The van der Waals surface area contributed by atoms with Gasteiger partial charge in [0.15, 0.2) is 17.6 Å². The molecule has 0 spiro atoms. The van der Waals surface area contributed by atoms with Crippen LogP contribution in [0.5, 0.6) is 11.5 Å². The number of pyridine rings is 1. The van der Waals surface area contributed by atoms with Crippen molar-refractivity contribution in [1.82, 2.24) is 10.4 Å². The van der Waals surface area contributed by atoms with Crippen LogP contribution in [0, 0.1) is 6.92 Å². The smallest absolute Gasteiger partial charge is 0.270 e. The first-order valence-corrected chi connectivity index (χ1v) is 8.66. The molecule has 7 nitrogen and oxygen atoms in total. The third kappa shape index (κ3) is 2.92. The Kier molecular flexibility index (Phi) is 3.61. The number of carbonyl (C=O) groups is 1. The number of hydrazine groups is 1. The summed E-state index contributed by atoms with van der Waals surface area (Å²) >= 11 is 0. The summed E-state index contributed by atoms with van der Waals surface area (Å²) in [5, 5.41) is 1.09. The van der Waals surface area contributed by atoms with E-state index in [9.17, 15) is 4.79 Å². The van der Waals surface area contributed by atoms with Gasteiger partial charge in [0.25, 0.3) is 5.91 Å². The maximum absolute atomic E-state index is 12.4. The zero-order valence-corrected chi connectivity index (χ0v) is 14.6. The first-order valence-electron chi connectivity index (χ1n) is 8.66. The number of para-hydroxylation sites is 1. The lowest BCUT2D eigenvalue weighted by molar-refractivity contribution is -0.121. The van der Waals surface area contributed by atoms with Crippen LogP contribution in [0.25, 0.3) is 10.9 Å². The van der Waals surface area contributed by atoms with Crippen LogP contribution in [0.1, 0.15) is 17.2 Å². The lowest BCUT2D eigenvalue weighted by Crippen LogP contribution is -2.33. The fourth-order valence-corrected chi connectivity index (χ4v) is 3.27. The molecule has 7 heteroatoms. The SMILES string of the molecule is Cc1cc(NNC(=O)[C@@H]2O[C@H]2c2ccc3c(c2)OCO3)nc2ccccc12. The monoisotopic (exact) mass is 363 g/mol. The number of hydrogen-bond donors (Lipinski definition) is 2. The minimum Gasteiger partial charge on any atom is -0.454 e. The highest BCUT2D eigenvalue weighted by Gasteiger charge is 2.46. The van der Waals surface area contributed by atoms with E-state index >= 15 is 0 Å². The maximum atomic E-state index is 12.4. The number of benzene rings is 2. The molecule has 136 valence electrons. The molecule has 2 atom stereocenters. The van der Waals surface area contributed by atoms with E-state index in [1.54, 1.807) is 0 Å². The molecule has 2 aromatic carbocycles. The molecule has 2 aliphatic heterocycles. The normalized spacial score (nSPS) is 19.7. The van der Waals surface area contributed by atoms with Crippen molar-refractivity contribution in [2.24, 2.45) is 0 Å². The van der Waals surface area contributed by atoms with Crippen LogP contribution in [-0.4, -0.2) is 23.8 Å². The summed E-state index contributed by atoms with van der Waals surface area (Å²) in [6.07, 6.45) is -0.827. The highest BCUT2D eigenvalue weighted by Crippen LogP contribution is 2.43. The third-order valence-corrected chi connectivity index (χ3v) is 4.71. The Labute approximate surface area is 155 Å². The molecule has 0 unspecified atom stereocenters. The molecule has 3 aromatic rings. The topological polar surface area (TPSA) is 85.0 Å². The van der Waals surface area contributed by atoms with E-state index in [2.05, 4.69) is 15.8 Å². The second-order valence-electron chi connectivity index (χ2n) is 6.55. The Balaban J connectivity index is 1.24. The van der Waals surface area contributed by atoms with Crippen LogP contribution in [0.15, 0.2) is 48.5 Å². The fourth-order valence-electron chi connectivity index (χ4n) is 3.27. The number of nitrogens with one attached hydrogen (secondary N) is 2. The summed E-state index contributed by atoms with van der Waals surface area (Å²) in [5.41, 5.74) is 8.39. The predicted molar refractivity (Wildman–Crippen MR) is 98.4 cm³/mol. The van der Waals surface area contributed by atoms with Crippen molar-refractivity contribution in [1.29, 1.82) is 0 Å². The zero-order chi connectivity index (χ0) is 18.4. The van der Waals surface area contributed by atoms with E-state index in [4.69, 9.17) is 14.2 Å². The Morgan fingerprint density at radius 3 is 2.89 bits per heavy atom. The summed E-state index contributed by atoms with van der Waals surface area (Å²) in [4.78, 5) is 16.9. The molecule has 1 fully saturated rings. The molecule has 0 radical (unpaired) electrons. The van der Waals surface area contributed by atoms with Gasteiger partial charge in [-0.2, -0.15) is 0 Å².